The smallest absolute Gasteiger partial charge is 0.313 e. The minimum Gasteiger partial charge on any atom is -0.497 e. The van der Waals surface area contributed by atoms with Crippen LogP contribution in [0.3, 0.4) is 0 Å². The van der Waals surface area contributed by atoms with E-state index in [2.05, 4.69) is 33.7 Å². The Morgan fingerprint density at radius 1 is 1.03 bits per heavy atom. The Bertz CT molecular complexity index is 1030. The number of anilines is 1. The summed E-state index contributed by atoms with van der Waals surface area (Å²) in [7, 11) is 1.57. The molecule has 160 valence electrons. The molecule has 0 bridgehead atoms. The number of amides is 2. The molecule has 2 aromatic carbocycles. The molecule has 0 saturated heterocycles. The summed E-state index contributed by atoms with van der Waals surface area (Å²) in [5.41, 5.74) is 3.14. The molecule has 1 atom stereocenters. The first-order chi connectivity index (χ1) is 15.1. The molecule has 0 fully saturated rings. The van der Waals surface area contributed by atoms with E-state index in [-0.39, 0.29) is 12.6 Å². The number of furan rings is 1. The zero-order valence-electron chi connectivity index (χ0n) is 17.3. The number of hydrogen-bond acceptors (Lipinski definition) is 5. The predicted octanol–water partition coefficient (Wildman–Crippen LogP) is 3.14. The molecule has 1 aliphatic heterocycles. The van der Waals surface area contributed by atoms with Gasteiger partial charge < -0.3 is 19.8 Å². The lowest BCUT2D eigenvalue weighted by Gasteiger charge is -2.34. The molecule has 0 unspecified atom stereocenters. The first kappa shape index (κ1) is 20.7. The molecule has 2 amide bonds. The number of hydrogen-bond donors (Lipinski definition) is 2. The number of ether oxygens (including phenoxy) is 1. The largest absolute Gasteiger partial charge is 0.497 e. The van der Waals surface area contributed by atoms with Crippen molar-refractivity contribution in [1.29, 1.82) is 0 Å². The Kier molecular flexibility index (Phi) is 6.33. The number of nitrogens with zero attached hydrogens (tertiary/aromatic N) is 1. The van der Waals surface area contributed by atoms with E-state index in [1.165, 1.54) is 11.1 Å². The Morgan fingerprint density at radius 3 is 2.52 bits per heavy atom. The first-order valence-corrected chi connectivity index (χ1v) is 10.2. The van der Waals surface area contributed by atoms with Gasteiger partial charge in [-0.25, -0.2) is 0 Å². The fourth-order valence-corrected chi connectivity index (χ4v) is 3.81. The lowest BCUT2D eigenvalue weighted by molar-refractivity contribution is -0.136. The van der Waals surface area contributed by atoms with Crippen LogP contribution in [0.5, 0.6) is 5.75 Å². The van der Waals surface area contributed by atoms with E-state index in [1.807, 2.05) is 18.2 Å². The molecule has 0 saturated carbocycles. The highest BCUT2D eigenvalue weighted by Gasteiger charge is 2.27. The van der Waals surface area contributed by atoms with Crippen molar-refractivity contribution in [3.05, 3.63) is 83.8 Å². The molecule has 1 aliphatic rings. The van der Waals surface area contributed by atoms with Crippen molar-refractivity contribution in [2.45, 2.75) is 19.0 Å². The third-order valence-corrected chi connectivity index (χ3v) is 5.48. The third-order valence-electron chi connectivity index (χ3n) is 5.48. The first-order valence-electron chi connectivity index (χ1n) is 10.2. The fourth-order valence-electron chi connectivity index (χ4n) is 3.81. The van der Waals surface area contributed by atoms with Crippen LogP contribution < -0.4 is 15.4 Å². The highest BCUT2D eigenvalue weighted by atomic mass is 16.5. The van der Waals surface area contributed by atoms with Crippen molar-refractivity contribution in [2.75, 3.05) is 25.5 Å². The highest BCUT2D eigenvalue weighted by molar-refractivity contribution is 6.39. The molecule has 2 heterocycles. The van der Waals surface area contributed by atoms with E-state index in [4.69, 9.17) is 9.15 Å². The maximum Gasteiger partial charge on any atom is 0.313 e. The minimum absolute atomic E-state index is 0.166. The Labute approximate surface area is 181 Å². The van der Waals surface area contributed by atoms with Crippen LogP contribution in [-0.2, 0) is 22.6 Å². The second-order valence-electron chi connectivity index (χ2n) is 7.41. The minimum atomic E-state index is -0.715. The van der Waals surface area contributed by atoms with Crippen LogP contribution in [0.4, 0.5) is 5.69 Å². The van der Waals surface area contributed by atoms with Crippen molar-refractivity contribution in [3.63, 3.8) is 0 Å². The second kappa shape index (κ2) is 9.49. The number of benzene rings is 2. The number of carbonyl (C=O) groups excluding carboxylic acids is 2. The Hall–Kier alpha value is -3.58. The SMILES string of the molecule is COc1ccc(NC(=O)C(=O)NC[C@H](c2ccco2)N2CCc3ccccc3C2)cc1. The summed E-state index contributed by atoms with van der Waals surface area (Å²) in [5, 5.41) is 5.36. The van der Waals surface area contributed by atoms with Crippen LogP contribution in [0.15, 0.2) is 71.3 Å². The van der Waals surface area contributed by atoms with Crippen LogP contribution in [0, 0.1) is 0 Å². The number of fused-ring (bicyclic) bond motifs is 1. The van der Waals surface area contributed by atoms with Gasteiger partial charge in [-0.2, -0.15) is 0 Å². The standard InChI is InChI=1S/C24H25N3O4/c1-30-20-10-8-19(9-11-20)26-24(29)23(28)25-15-21(22-7-4-14-31-22)27-13-12-17-5-2-3-6-18(17)16-27/h2-11,14,21H,12-13,15-16H2,1H3,(H,25,28)(H,26,29)/t21-/m1/s1. The molecular weight excluding hydrogens is 394 g/mol. The average molecular weight is 419 g/mol. The van der Waals surface area contributed by atoms with E-state index in [9.17, 15) is 9.59 Å². The molecule has 0 aliphatic carbocycles. The lowest BCUT2D eigenvalue weighted by Crippen LogP contribution is -2.43. The van der Waals surface area contributed by atoms with Crippen LogP contribution in [0.1, 0.15) is 22.9 Å². The molecule has 0 radical (unpaired) electrons. The van der Waals surface area contributed by atoms with Gasteiger partial charge in [0.2, 0.25) is 0 Å². The van der Waals surface area contributed by atoms with Gasteiger partial charge in [0, 0.05) is 25.3 Å². The summed E-state index contributed by atoms with van der Waals surface area (Å²) in [4.78, 5) is 27.0. The fraction of sp³-hybridized carbons (Fsp3) is 0.250. The van der Waals surface area contributed by atoms with Crippen LogP contribution in [0.2, 0.25) is 0 Å². The van der Waals surface area contributed by atoms with Gasteiger partial charge in [0.25, 0.3) is 0 Å². The molecule has 31 heavy (non-hydrogen) atoms. The average Bonchev–Trinajstić information content (AvgIpc) is 3.34. The molecule has 0 spiro atoms. The summed E-state index contributed by atoms with van der Waals surface area (Å²) in [6, 6.07) is 18.7. The van der Waals surface area contributed by atoms with Crippen molar-refractivity contribution in [2.24, 2.45) is 0 Å². The second-order valence-corrected chi connectivity index (χ2v) is 7.41. The van der Waals surface area contributed by atoms with Crippen LogP contribution >= 0.6 is 0 Å². The van der Waals surface area contributed by atoms with Gasteiger partial charge in [0.15, 0.2) is 0 Å². The van der Waals surface area contributed by atoms with Crippen molar-refractivity contribution >= 4 is 17.5 Å². The zero-order valence-corrected chi connectivity index (χ0v) is 17.3. The summed E-state index contributed by atoms with van der Waals surface area (Å²) in [6.45, 7) is 1.87. The van der Waals surface area contributed by atoms with E-state index < -0.39 is 11.8 Å². The number of rotatable bonds is 6. The number of carbonyl (C=O) groups is 2. The van der Waals surface area contributed by atoms with Gasteiger partial charge in [0.1, 0.15) is 11.5 Å². The molecule has 1 aromatic heterocycles. The predicted molar refractivity (Wildman–Crippen MR) is 117 cm³/mol. The van der Waals surface area contributed by atoms with Gasteiger partial charge >= 0.3 is 11.8 Å². The number of nitrogens with one attached hydrogen (secondary N) is 2. The van der Waals surface area contributed by atoms with E-state index in [1.54, 1.807) is 37.6 Å². The van der Waals surface area contributed by atoms with Gasteiger partial charge in [-0.3, -0.25) is 14.5 Å². The molecule has 7 nitrogen and oxygen atoms in total. The lowest BCUT2D eigenvalue weighted by atomic mass is 9.98. The van der Waals surface area contributed by atoms with E-state index in [0.717, 1.165) is 25.3 Å². The highest BCUT2D eigenvalue weighted by Crippen LogP contribution is 2.28. The Morgan fingerprint density at radius 2 is 1.81 bits per heavy atom. The monoisotopic (exact) mass is 419 g/mol. The normalized spacial score (nSPS) is 14.4. The van der Waals surface area contributed by atoms with Gasteiger partial charge in [-0.1, -0.05) is 24.3 Å². The van der Waals surface area contributed by atoms with Crippen molar-refractivity contribution < 1.29 is 18.7 Å². The summed E-state index contributed by atoms with van der Waals surface area (Å²) >= 11 is 0. The van der Waals surface area contributed by atoms with E-state index in [0.29, 0.717) is 11.4 Å². The quantitative estimate of drug-likeness (QED) is 0.600. The molecule has 2 N–H and O–H groups in total. The van der Waals surface area contributed by atoms with Crippen LogP contribution in [0.25, 0.3) is 0 Å². The zero-order chi connectivity index (χ0) is 21.6. The summed E-state index contributed by atoms with van der Waals surface area (Å²) < 4.78 is 10.7. The topological polar surface area (TPSA) is 83.8 Å². The summed E-state index contributed by atoms with van der Waals surface area (Å²) in [6.07, 6.45) is 2.55. The van der Waals surface area contributed by atoms with Crippen molar-refractivity contribution in [1.82, 2.24) is 10.2 Å². The number of methoxy groups -OCH3 is 1. The van der Waals surface area contributed by atoms with Crippen molar-refractivity contribution in [3.8, 4) is 5.75 Å². The summed E-state index contributed by atoms with van der Waals surface area (Å²) in [5.74, 6) is 0.0271. The van der Waals surface area contributed by atoms with Gasteiger partial charge in [-0.05, 0) is 53.9 Å². The maximum atomic E-state index is 12.4. The Balaban J connectivity index is 1.39. The molecule has 3 aromatic rings. The van der Waals surface area contributed by atoms with E-state index >= 15 is 0 Å². The van der Waals surface area contributed by atoms with Gasteiger partial charge in [0.05, 0.1) is 19.4 Å². The molecular formula is C24H25N3O4. The van der Waals surface area contributed by atoms with Gasteiger partial charge in [-0.15, -0.1) is 0 Å². The molecule has 4 rings (SSSR count). The van der Waals surface area contributed by atoms with Crippen LogP contribution in [-0.4, -0.2) is 36.9 Å². The third kappa shape index (κ3) is 4.95. The molecule has 7 heteroatoms. The maximum absolute atomic E-state index is 12.4.